The first-order chi connectivity index (χ1) is 13.2. The highest BCUT2D eigenvalue weighted by atomic mass is 32.2. The van der Waals surface area contributed by atoms with E-state index in [0.717, 1.165) is 9.80 Å². The van der Waals surface area contributed by atoms with Gasteiger partial charge in [0.2, 0.25) is 0 Å². The van der Waals surface area contributed by atoms with Crippen molar-refractivity contribution in [3.8, 4) is 0 Å². The van der Waals surface area contributed by atoms with Crippen LogP contribution >= 0.6 is 11.9 Å². The third-order valence-electron chi connectivity index (χ3n) is 4.26. The molecule has 0 N–H and O–H groups in total. The predicted molar refractivity (Wildman–Crippen MR) is 96.5 cm³/mol. The Morgan fingerprint density at radius 3 is 1.83 bits per heavy atom. The molecule has 164 valence electrons. The zero-order valence-electron chi connectivity index (χ0n) is 16.1. The lowest BCUT2D eigenvalue weighted by Crippen LogP contribution is -2.51. The summed E-state index contributed by atoms with van der Waals surface area (Å²) in [6, 6.07) is 7.90. The van der Waals surface area contributed by atoms with Crippen LogP contribution in [0.15, 0.2) is 29.2 Å². The molecule has 0 spiro atoms. The van der Waals surface area contributed by atoms with Crippen molar-refractivity contribution in [2.24, 2.45) is 0 Å². The first-order valence-electron chi connectivity index (χ1n) is 8.80. The Bertz CT molecular complexity index is 678. The van der Waals surface area contributed by atoms with Gasteiger partial charge in [0.25, 0.3) is 6.10 Å². The summed E-state index contributed by atoms with van der Waals surface area (Å²) in [5.41, 5.74) is 1.18. The third-order valence-corrected chi connectivity index (χ3v) is 5.37. The summed E-state index contributed by atoms with van der Waals surface area (Å²) < 4.78 is 80.8. The number of hydrogen-bond donors (Lipinski definition) is 0. The molecule has 0 aliphatic carbocycles. The number of amides is 1. The average molecular weight is 444 g/mol. The van der Waals surface area contributed by atoms with Gasteiger partial charge in [0.05, 0.1) is 0 Å². The van der Waals surface area contributed by atoms with Crippen molar-refractivity contribution >= 4 is 18.0 Å². The summed E-state index contributed by atoms with van der Waals surface area (Å²) in [6.07, 6.45) is -17.2. The molecule has 0 aromatic heterocycles. The van der Waals surface area contributed by atoms with E-state index in [4.69, 9.17) is 0 Å². The van der Waals surface area contributed by atoms with Gasteiger partial charge in [-0.15, -0.1) is 0 Å². The van der Waals surface area contributed by atoms with Gasteiger partial charge in [-0.3, -0.25) is 0 Å². The molecular weight excluding hydrogens is 422 g/mol. The van der Waals surface area contributed by atoms with E-state index >= 15 is 0 Å². The summed E-state index contributed by atoms with van der Waals surface area (Å²) in [5, 5.41) is 0. The number of halogens is 6. The Balaban J connectivity index is 1.89. The fraction of sp³-hybridized carbons (Fsp3) is 0.611. The van der Waals surface area contributed by atoms with Gasteiger partial charge in [0.15, 0.2) is 0 Å². The van der Waals surface area contributed by atoms with E-state index in [1.54, 1.807) is 0 Å². The number of benzene rings is 1. The molecule has 1 amide bonds. The third kappa shape index (κ3) is 6.70. The van der Waals surface area contributed by atoms with Gasteiger partial charge in [-0.1, -0.05) is 32.9 Å². The fourth-order valence-corrected chi connectivity index (χ4v) is 3.52. The molecule has 1 aliphatic rings. The molecule has 0 bridgehead atoms. The van der Waals surface area contributed by atoms with Gasteiger partial charge in [-0.25, -0.2) is 9.10 Å². The SMILES string of the molecule is CC(C)(C)c1ccc(SN2CCN(C(=O)OC(C(F)(F)F)C(F)(F)F)CC2)cc1. The number of carbonyl (C=O) groups excluding carboxylic acids is 1. The number of rotatable bonds is 3. The zero-order valence-corrected chi connectivity index (χ0v) is 16.9. The number of carbonyl (C=O) groups is 1. The first kappa shape index (κ1) is 23.7. The fourth-order valence-electron chi connectivity index (χ4n) is 2.62. The Morgan fingerprint density at radius 1 is 0.931 bits per heavy atom. The van der Waals surface area contributed by atoms with E-state index in [1.807, 2.05) is 28.6 Å². The van der Waals surface area contributed by atoms with Crippen molar-refractivity contribution in [2.45, 2.75) is 49.5 Å². The van der Waals surface area contributed by atoms with Crippen LogP contribution in [-0.4, -0.2) is 59.9 Å². The highest BCUT2D eigenvalue weighted by Gasteiger charge is 2.60. The topological polar surface area (TPSA) is 32.8 Å². The van der Waals surface area contributed by atoms with Crippen molar-refractivity contribution in [3.05, 3.63) is 29.8 Å². The van der Waals surface area contributed by atoms with Gasteiger partial charge in [0, 0.05) is 31.1 Å². The molecule has 4 nitrogen and oxygen atoms in total. The van der Waals surface area contributed by atoms with E-state index in [-0.39, 0.29) is 31.6 Å². The second-order valence-electron chi connectivity index (χ2n) is 7.63. The first-order valence-corrected chi connectivity index (χ1v) is 9.58. The number of ether oxygens (including phenoxy) is 1. The summed E-state index contributed by atoms with van der Waals surface area (Å²) in [5.74, 6) is 0. The molecule has 0 atom stereocenters. The normalized spacial score (nSPS) is 17.0. The van der Waals surface area contributed by atoms with E-state index in [2.05, 4.69) is 25.5 Å². The van der Waals surface area contributed by atoms with Crippen LogP contribution in [0.3, 0.4) is 0 Å². The van der Waals surface area contributed by atoms with Gasteiger partial charge in [0.1, 0.15) is 0 Å². The smallest absolute Gasteiger partial charge is 0.426 e. The van der Waals surface area contributed by atoms with Crippen LogP contribution in [0, 0.1) is 0 Å². The van der Waals surface area contributed by atoms with Crippen molar-refractivity contribution < 1.29 is 35.9 Å². The molecule has 29 heavy (non-hydrogen) atoms. The number of nitrogens with zero attached hydrogens (tertiary/aromatic N) is 2. The Labute approximate surface area is 169 Å². The molecule has 1 saturated heterocycles. The lowest BCUT2D eigenvalue weighted by molar-refractivity contribution is -0.308. The second kappa shape index (κ2) is 8.63. The zero-order chi connectivity index (χ0) is 22.0. The second-order valence-corrected chi connectivity index (χ2v) is 8.80. The molecular formula is C18H22F6N2O2S. The lowest BCUT2D eigenvalue weighted by atomic mass is 9.87. The molecule has 0 radical (unpaired) electrons. The molecule has 0 unspecified atom stereocenters. The van der Waals surface area contributed by atoms with E-state index in [0.29, 0.717) is 0 Å². The summed E-state index contributed by atoms with van der Waals surface area (Å²) in [4.78, 5) is 13.6. The molecule has 2 rings (SSSR count). The largest absolute Gasteiger partial charge is 0.434 e. The minimum Gasteiger partial charge on any atom is -0.426 e. The minimum absolute atomic E-state index is 0.0138. The maximum atomic E-state index is 12.5. The standard InChI is InChI=1S/C18H22F6N2O2S/c1-16(2,3)12-4-6-13(7-5-12)29-26-10-8-25(9-11-26)15(27)28-14(17(19,20)21)18(22,23)24/h4-7,14H,8-11H2,1-3H3. The van der Waals surface area contributed by atoms with Crippen molar-refractivity contribution in [1.29, 1.82) is 0 Å². The van der Waals surface area contributed by atoms with Crippen molar-refractivity contribution in [1.82, 2.24) is 9.21 Å². The number of piperazine rings is 1. The number of hydrogen-bond acceptors (Lipinski definition) is 4. The molecule has 1 aromatic carbocycles. The maximum Gasteiger partial charge on any atom is 0.434 e. The van der Waals surface area contributed by atoms with Crippen LogP contribution in [0.2, 0.25) is 0 Å². The van der Waals surface area contributed by atoms with Crippen LogP contribution in [0.4, 0.5) is 31.1 Å². The highest BCUT2D eigenvalue weighted by molar-refractivity contribution is 7.97. The lowest BCUT2D eigenvalue weighted by Gasteiger charge is -2.34. The summed E-state index contributed by atoms with van der Waals surface area (Å²) in [7, 11) is 0. The van der Waals surface area contributed by atoms with Crippen LogP contribution < -0.4 is 0 Å². The van der Waals surface area contributed by atoms with Crippen molar-refractivity contribution in [3.63, 3.8) is 0 Å². The minimum atomic E-state index is -5.72. The van der Waals surface area contributed by atoms with Gasteiger partial charge < -0.3 is 9.64 Å². The van der Waals surface area contributed by atoms with Crippen LogP contribution in [-0.2, 0) is 10.2 Å². The van der Waals surface area contributed by atoms with Crippen LogP contribution in [0.1, 0.15) is 26.3 Å². The van der Waals surface area contributed by atoms with Gasteiger partial charge >= 0.3 is 18.4 Å². The maximum absolute atomic E-state index is 12.5. The summed E-state index contributed by atoms with van der Waals surface area (Å²) in [6.45, 7) is 6.77. The quantitative estimate of drug-likeness (QED) is 0.472. The Kier molecular flexibility index (Phi) is 7.04. The average Bonchev–Trinajstić information content (AvgIpc) is 2.58. The molecule has 1 aromatic rings. The van der Waals surface area contributed by atoms with Crippen LogP contribution in [0.5, 0.6) is 0 Å². The van der Waals surface area contributed by atoms with Crippen LogP contribution in [0.25, 0.3) is 0 Å². The Morgan fingerprint density at radius 2 is 1.41 bits per heavy atom. The monoisotopic (exact) mass is 444 g/mol. The molecule has 0 saturated carbocycles. The summed E-state index contributed by atoms with van der Waals surface area (Å²) >= 11 is 1.41. The van der Waals surface area contributed by atoms with Crippen molar-refractivity contribution in [2.75, 3.05) is 26.2 Å². The number of alkyl halides is 6. The molecule has 1 fully saturated rings. The van der Waals surface area contributed by atoms with E-state index < -0.39 is 24.5 Å². The molecule has 11 heteroatoms. The predicted octanol–water partition coefficient (Wildman–Crippen LogP) is 5.24. The molecule has 1 heterocycles. The van der Waals surface area contributed by atoms with E-state index in [9.17, 15) is 31.1 Å². The van der Waals surface area contributed by atoms with Gasteiger partial charge in [-0.2, -0.15) is 26.3 Å². The molecule has 1 aliphatic heterocycles. The van der Waals surface area contributed by atoms with E-state index in [1.165, 1.54) is 17.5 Å². The highest BCUT2D eigenvalue weighted by Crippen LogP contribution is 2.36. The Hall–Kier alpha value is -1.62. The van der Waals surface area contributed by atoms with Gasteiger partial charge in [-0.05, 0) is 35.1 Å².